The minimum atomic E-state index is -4.12. The third-order valence-corrected chi connectivity index (χ3v) is 3.94. The molecule has 1 unspecified atom stereocenters. The van der Waals surface area contributed by atoms with Crippen LogP contribution in [0.25, 0.3) is 0 Å². The van der Waals surface area contributed by atoms with Gasteiger partial charge in [-0.1, -0.05) is 7.43 Å². The van der Waals surface area contributed by atoms with Crippen LogP contribution in [-0.2, 0) is 20.9 Å². The molecule has 0 aromatic heterocycles. The van der Waals surface area contributed by atoms with Crippen molar-refractivity contribution in [2.45, 2.75) is 25.2 Å². The summed E-state index contributed by atoms with van der Waals surface area (Å²) < 4.78 is 47.5. The predicted octanol–water partition coefficient (Wildman–Crippen LogP) is -1.23. The van der Waals surface area contributed by atoms with Gasteiger partial charge in [-0.3, -0.25) is 4.21 Å². The molecule has 20 heavy (non-hydrogen) atoms. The Morgan fingerprint density at radius 3 is 2.20 bits per heavy atom. The maximum atomic E-state index is 11.1. The molecule has 0 amide bonds. The Kier molecular flexibility index (Phi) is 12.0. The van der Waals surface area contributed by atoms with Crippen molar-refractivity contribution in [2.75, 3.05) is 18.6 Å². The molecule has 1 rings (SSSR count). The molecule has 0 aliphatic carbocycles. The molecule has 0 bridgehead atoms. The van der Waals surface area contributed by atoms with Gasteiger partial charge in [-0.2, -0.15) is 0 Å². The topological polar surface area (TPSA) is 83.5 Å². The first-order chi connectivity index (χ1) is 8.38. The molecule has 0 aliphatic rings. The van der Waals surface area contributed by atoms with Gasteiger partial charge < -0.3 is 9.29 Å². The van der Waals surface area contributed by atoms with E-state index in [2.05, 4.69) is 0 Å². The van der Waals surface area contributed by atoms with Gasteiger partial charge in [0, 0.05) is 27.7 Å². The average molecular weight is 330 g/mol. The van der Waals surface area contributed by atoms with Crippen LogP contribution in [0.2, 0.25) is 0 Å². The van der Waals surface area contributed by atoms with Crippen LogP contribution in [0.4, 0.5) is 0 Å². The third kappa shape index (κ3) is 9.90. The summed E-state index contributed by atoms with van der Waals surface area (Å²) in [5.74, 6) is 0.276. The number of hydrogen-bond acceptors (Lipinski definition) is 5. The fourth-order valence-electron chi connectivity index (χ4n) is 1.30. The van der Waals surface area contributed by atoms with Gasteiger partial charge in [-0.05, 0) is 37.1 Å². The zero-order chi connectivity index (χ0) is 13.6. The van der Waals surface area contributed by atoms with Crippen molar-refractivity contribution >= 4 is 20.9 Å². The van der Waals surface area contributed by atoms with Gasteiger partial charge in [0.05, 0.1) is 16.7 Å². The average Bonchev–Trinajstić information content (AvgIpc) is 2.27. The SMILES string of the molecule is C.CS(=O)c1ccc(OCCCCS(=O)(=O)[O-])cc1.[Na+]. The van der Waals surface area contributed by atoms with Gasteiger partial charge in [0.1, 0.15) is 5.75 Å². The molecule has 0 N–H and O–H groups in total. The number of unbranched alkanes of at least 4 members (excludes halogenated alkanes) is 1. The van der Waals surface area contributed by atoms with Crippen molar-refractivity contribution in [3.05, 3.63) is 24.3 Å². The van der Waals surface area contributed by atoms with E-state index in [1.165, 1.54) is 0 Å². The van der Waals surface area contributed by atoms with E-state index < -0.39 is 20.9 Å². The molecule has 0 saturated heterocycles. The Morgan fingerprint density at radius 2 is 1.75 bits per heavy atom. The first kappa shape index (κ1) is 22.4. The van der Waals surface area contributed by atoms with E-state index in [9.17, 15) is 17.2 Å². The quantitative estimate of drug-likeness (QED) is 0.355. The van der Waals surface area contributed by atoms with Crippen molar-refractivity contribution in [2.24, 2.45) is 0 Å². The van der Waals surface area contributed by atoms with Crippen LogP contribution in [0.3, 0.4) is 0 Å². The predicted molar refractivity (Wildman–Crippen MR) is 74.8 cm³/mol. The minimum absolute atomic E-state index is 0. The van der Waals surface area contributed by atoms with Crippen LogP contribution in [-0.4, -0.2) is 35.8 Å². The van der Waals surface area contributed by atoms with Crippen LogP contribution in [0.15, 0.2) is 29.2 Å². The van der Waals surface area contributed by atoms with Crippen molar-refractivity contribution < 1.29 is 51.5 Å². The first-order valence-electron chi connectivity index (χ1n) is 5.38. The Hall–Kier alpha value is 0.0800. The number of rotatable bonds is 7. The second-order valence-electron chi connectivity index (χ2n) is 3.74. The van der Waals surface area contributed by atoms with Gasteiger partial charge in [-0.25, -0.2) is 8.42 Å². The van der Waals surface area contributed by atoms with Crippen LogP contribution < -0.4 is 34.3 Å². The van der Waals surface area contributed by atoms with Crippen LogP contribution >= 0.6 is 0 Å². The second-order valence-corrected chi connectivity index (χ2v) is 6.65. The minimum Gasteiger partial charge on any atom is -0.748 e. The van der Waals surface area contributed by atoms with Crippen LogP contribution in [0.5, 0.6) is 5.75 Å². The van der Waals surface area contributed by atoms with Gasteiger partial charge in [-0.15, -0.1) is 0 Å². The van der Waals surface area contributed by atoms with Crippen molar-refractivity contribution in [1.29, 1.82) is 0 Å². The van der Waals surface area contributed by atoms with Gasteiger partial charge in [0.2, 0.25) is 0 Å². The van der Waals surface area contributed by atoms with E-state index in [0.29, 0.717) is 25.2 Å². The van der Waals surface area contributed by atoms with Crippen LogP contribution in [0.1, 0.15) is 20.3 Å². The Labute approximate surface area is 145 Å². The summed E-state index contributed by atoms with van der Waals surface area (Å²) in [4.78, 5) is 0.722. The summed E-state index contributed by atoms with van der Waals surface area (Å²) in [5, 5.41) is 0. The molecule has 0 spiro atoms. The molecule has 1 aromatic carbocycles. The Bertz CT molecular complexity index is 499. The first-order valence-corrected chi connectivity index (χ1v) is 8.52. The Balaban J connectivity index is 0. The molecule has 1 atom stereocenters. The summed E-state index contributed by atoms with van der Waals surface area (Å²) >= 11 is 0. The molecule has 0 aliphatic heterocycles. The van der Waals surface area contributed by atoms with Gasteiger partial charge in [0.25, 0.3) is 0 Å². The monoisotopic (exact) mass is 330 g/mol. The molecule has 8 heteroatoms. The van der Waals surface area contributed by atoms with E-state index in [0.717, 1.165) is 4.90 Å². The zero-order valence-electron chi connectivity index (χ0n) is 11.0. The number of benzene rings is 1. The zero-order valence-corrected chi connectivity index (χ0v) is 14.6. The number of hydrogen-bond donors (Lipinski definition) is 0. The fourth-order valence-corrected chi connectivity index (χ4v) is 2.38. The van der Waals surface area contributed by atoms with Crippen molar-refractivity contribution in [3.63, 3.8) is 0 Å². The van der Waals surface area contributed by atoms with Crippen molar-refractivity contribution in [3.8, 4) is 5.75 Å². The largest absolute Gasteiger partial charge is 1.00 e. The maximum Gasteiger partial charge on any atom is 1.00 e. The summed E-state index contributed by atoms with van der Waals surface area (Å²) in [7, 11) is -5.14. The maximum absolute atomic E-state index is 11.1. The van der Waals surface area contributed by atoms with Crippen molar-refractivity contribution in [1.82, 2.24) is 0 Å². The second kappa shape index (κ2) is 10.8. The van der Waals surface area contributed by atoms with E-state index >= 15 is 0 Å². The molecular weight excluding hydrogens is 311 g/mol. The molecule has 0 fully saturated rings. The van der Waals surface area contributed by atoms with E-state index in [1.807, 2.05) is 0 Å². The Morgan fingerprint density at radius 1 is 1.20 bits per heavy atom. The molecule has 5 nitrogen and oxygen atoms in total. The van der Waals surface area contributed by atoms with Gasteiger partial charge in [0.15, 0.2) is 0 Å². The standard InChI is InChI=1S/C11H16O5S2.CH4.Na/c1-17(12)11-6-4-10(5-7-11)16-8-2-3-9-18(13,14)15;;/h4-7H,2-3,8-9H2,1H3,(H,13,14,15);1H4;/q;;+1/p-1. The summed E-state index contributed by atoms with van der Waals surface area (Å²) in [5.41, 5.74) is 0. The molecule has 0 radical (unpaired) electrons. The number of ether oxygens (including phenoxy) is 1. The normalized spacial score (nSPS) is 11.9. The molecule has 1 aromatic rings. The van der Waals surface area contributed by atoms with E-state index in [1.54, 1.807) is 30.5 Å². The smallest absolute Gasteiger partial charge is 0.748 e. The molecule has 0 heterocycles. The molecule has 0 saturated carbocycles. The van der Waals surface area contributed by atoms with E-state index in [4.69, 9.17) is 4.74 Å². The fraction of sp³-hybridized carbons (Fsp3) is 0.500. The van der Waals surface area contributed by atoms with Gasteiger partial charge >= 0.3 is 29.6 Å². The summed E-state index contributed by atoms with van der Waals surface area (Å²) in [6.07, 6.45) is 2.39. The third-order valence-electron chi connectivity index (χ3n) is 2.21. The van der Waals surface area contributed by atoms with E-state index in [-0.39, 0.29) is 42.7 Å². The molecule has 110 valence electrons. The summed E-state index contributed by atoms with van der Waals surface area (Å²) in [6.45, 7) is 0.351. The summed E-state index contributed by atoms with van der Waals surface area (Å²) in [6, 6.07) is 6.85. The molecular formula is C12H19NaO5S2. The van der Waals surface area contributed by atoms with Crippen LogP contribution in [0, 0.1) is 0 Å².